The summed E-state index contributed by atoms with van der Waals surface area (Å²) in [6, 6.07) is 14.3. The number of quaternary nitrogens is 1. The van der Waals surface area contributed by atoms with Crippen molar-refractivity contribution in [3.8, 4) is 5.75 Å². The van der Waals surface area contributed by atoms with Crippen LogP contribution in [0.5, 0.6) is 5.75 Å². The van der Waals surface area contributed by atoms with Crippen molar-refractivity contribution in [1.82, 2.24) is 9.97 Å². The van der Waals surface area contributed by atoms with E-state index < -0.39 is 0 Å². The van der Waals surface area contributed by atoms with E-state index in [0.29, 0.717) is 5.95 Å². The van der Waals surface area contributed by atoms with E-state index in [4.69, 9.17) is 4.74 Å². The van der Waals surface area contributed by atoms with Gasteiger partial charge in [-0.2, -0.15) is 5.10 Å². The van der Waals surface area contributed by atoms with Crippen LogP contribution in [0.25, 0.3) is 11.0 Å². The van der Waals surface area contributed by atoms with Gasteiger partial charge >= 0.3 is 0 Å². The monoisotopic (exact) mass is 378 g/mol. The second-order valence-corrected chi connectivity index (χ2v) is 7.43. The first-order valence-corrected chi connectivity index (χ1v) is 9.99. The van der Waals surface area contributed by atoms with Gasteiger partial charge in [0.15, 0.2) is 0 Å². The van der Waals surface area contributed by atoms with Crippen molar-refractivity contribution < 1.29 is 9.64 Å². The maximum absolute atomic E-state index is 5.60. The SMILES string of the molecule is COc1ccc(/C(C)=N\Nc2nc3ccccc3[nH]2)cc1C[NH+]1CCCCC1. The number of H-pyrrole nitrogens is 1. The van der Waals surface area contributed by atoms with Gasteiger partial charge in [0.2, 0.25) is 5.95 Å². The molecule has 28 heavy (non-hydrogen) atoms. The average molecular weight is 379 g/mol. The maximum atomic E-state index is 5.60. The topological polar surface area (TPSA) is 66.7 Å². The minimum Gasteiger partial charge on any atom is -0.496 e. The molecule has 146 valence electrons. The molecule has 2 aromatic carbocycles. The van der Waals surface area contributed by atoms with Gasteiger partial charge in [-0.05, 0) is 62.1 Å². The van der Waals surface area contributed by atoms with E-state index in [9.17, 15) is 0 Å². The Labute approximate surface area is 165 Å². The van der Waals surface area contributed by atoms with Crippen LogP contribution >= 0.6 is 0 Å². The van der Waals surface area contributed by atoms with Gasteiger partial charge in [-0.15, -0.1) is 0 Å². The summed E-state index contributed by atoms with van der Waals surface area (Å²) in [4.78, 5) is 9.37. The zero-order valence-electron chi connectivity index (χ0n) is 16.6. The first kappa shape index (κ1) is 18.5. The summed E-state index contributed by atoms with van der Waals surface area (Å²) in [5.41, 5.74) is 8.22. The Bertz CT molecular complexity index is 939. The predicted molar refractivity (Wildman–Crippen MR) is 113 cm³/mol. The van der Waals surface area contributed by atoms with E-state index in [2.05, 4.69) is 32.6 Å². The number of hydrogen-bond acceptors (Lipinski definition) is 4. The molecule has 1 aromatic heterocycles. The first-order chi connectivity index (χ1) is 13.7. The number of hydrogen-bond donors (Lipinski definition) is 3. The zero-order chi connectivity index (χ0) is 19.3. The van der Waals surface area contributed by atoms with Gasteiger partial charge in [-0.25, -0.2) is 10.4 Å². The van der Waals surface area contributed by atoms with Gasteiger partial charge in [0.25, 0.3) is 0 Å². The van der Waals surface area contributed by atoms with E-state index in [0.717, 1.165) is 34.6 Å². The molecule has 0 amide bonds. The molecule has 6 heteroatoms. The second kappa shape index (κ2) is 8.44. The quantitative estimate of drug-likeness (QED) is 0.456. The molecule has 6 nitrogen and oxygen atoms in total. The fourth-order valence-corrected chi connectivity index (χ4v) is 3.85. The highest BCUT2D eigenvalue weighted by Crippen LogP contribution is 2.20. The summed E-state index contributed by atoms with van der Waals surface area (Å²) in [5, 5.41) is 4.53. The third-order valence-corrected chi connectivity index (χ3v) is 5.42. The highest BCUT2D eigenvalue weighted by atomic mass is 16.5. The Kier molecular flexibility index (Phi) is 5.58. The maximum Gasteiger partial charge on any atom is 0.222 e. The highest BCUT2D eigenvalue weighted by molar-refractivity contribution is 5.99. The summed E-state index contributed by atoms with van der Waals surface area (Å²) >= 11 is 0. The number of rotatable bonds is 6. The molecule has 0 unspecified atom stereocenters. The number of nitrogens with zero attached hydrogens (tertiary/aromatic N) is 2. The molecule has 4 rings (SSSR count). The Hall–Kier alpha value is -2.86. The normalized spacial score (nSPS) is 15.7. The van der Waals surface area contributed by atoms with Crippen molar-refractivity contribution in [2.24, 2.45) is 5.10 Å². The molecular formula is C22H28N5O+. The summed E-state index contributed by atoms with van der Waals surface area (Å²) in [6.07, 6.45) is 4.00. The molecule has 3 N–H and O–H groups in total. The van der Waals surface area contributed by atoms with E-state index in [1.54, 1.807) is 12.0 Å². The Morgan fingerprint density at radius 1 is 1.18 bits per heavy atom. The fraction of sp³-hybridized carbons (Fsp3) is 0.364. The van der Waals surface area contributed by atoms with E-state index in [1.165, 1.54) is 37.9 Å². The van der Waals surface area contributed by atoms with Gasteiger partial charge in [-0.3, -0.25) is 0 Å². The third kappa shape index (κ3) is 4.17. The number of hydrazone groups is 1. The van der Waals surface area contributed by atoms with Crippen molar-refractivity contribution in [1.29, 1.82) is 0 Å². The fourth-order valence-electron chi connectivity index (χ4n) is 3.85. The number of methoxy groups -OCH3 is 1. The molecule has 1 saturated heterocycles. The molecular weight excluding hydrogens is 350 g/mol. The lowest BCUT2D eigenvalue weighted by molar-refractivity contribution is -0.918. The van der Waals surface area contributed by atoms with Crippen LogP contribution in [0.15, 0.2) is 47.6 Å². The number of fused-ring (bicyclic) bond motifs is 1. The molecule has 1 fully saturated rings. The van der Waals surface area contributed by atoms with Gasteiger partial charge in [0.1, 0.15) is 12.3 Å². The van der Waals surface area contributed by atoms with Gasteiger partial charge in [0, 0.05) is 5.56 Å². The van der Waals surface area contributed by atoms with Gasteiger partial charge in [-0.1, -0.05) is 12.1 Å². The molecule has 0 spiro atoms. The van der Waals surface area contributed by atoms with Crippen LogP contribution < -0.4 is 15.1 Å². The molecule has 0 atom stereocenters. The average Bonchev–Trinajstić information content (AvgIpc) is 3.16. The number of piperidine rings is 1. The number of likely N-dealkylation sites (tertiary alicyclic amines) is 1. The summed E-state index contributed by atoms with van der Waals surface area (Å²) in [6.45, 7) is 5.50. The van der Waals surface area contributed by atoms with Crippen LogP contribution in [0, 0.1) is 0 Å². The van der Waals surface area contributed by atoms with Gasteiger partial charge < -0.3 is 14.6 Å². The van der Waals surface area contributed by atoms with Crippen molar-refractivity contribution in [2.45, 2.75) is 32.7 Å². The number of imidazole rings is 1. The Morgan fingerprint density at radius 3 is 2.79 bits per heavy atom. The van der Waals surface area contributed by atoms with E-state index >= 15 is 0 Å². The lowest BCUT2D eigenvalue weighted by Crippen LogP contribution is -3.11. The van der Waals surface area contributed by atoms with Crippen molar-refractivity contribution in [2.75, 3.05) is 25.6 Å². The number of anilines is 1. The highest BCUT2D eigenvalue weighted by Gasteiger charge is 2.17. The smallest absolute Gasteiger partial charge is 0.222 e. The number of aromatic nitrogens is 2. The molecule has 0 bridgehead atoms. The molecule has 1 aliphatic heterocycles. The van der Waals surface area contributed by atoms with E-state index in [-0.39, 0.29) is 0 Å². The first-order valence-electron chi connectivity index (χ1n) is 9.99. The number of nitrogens with one attached hydrogen (secondary N) is 3. The standard InChI is InChI=1S/C22H27N5O/c1-16(25-26-22-23-19-8-4-5-9-20(19)24-22)17-10-11-21(28-2)18(14-17)15-27-12-6-3-7-13-27/h4-5,8-11,14H,3,6-7,12-13,15H2,1-2H3,(H2,23,24,26)/p+1/b25-16-. The van der Waals surface area contributed by atoms with Crippen molar-refractivity contribution in [3.63, 3.8) is 0 Å². The van der Waals surface area contributed by atoms with Crippen LogP contribution in [-0.2, 0) is 6.54 Å². The number of benzene rings is 2. The molecule has 0 radical (unpaired) electrons. The second-order valence-electron chi connectivity index (χ2n) is 7.43. The molecule has 3 aromatic rings. The summed E-state index contributed by atoms with van der Waals surface area (Å²) in [5.74, 6) is 1.60. The van der Waals surface area contributed by atoms with Crippen molar-refractivity contribution >= 4 is 22.7 Å². The lowest BCUT2D eigenvalue weighted by Gasteiger charge is -2.24. The van der Waals surface area contributed by atoms with Gasteiger partial charge in [0.05, 0.1) is 36.9 Å². The zero-order valence-corrected chi connectivity index (χ0v) is 16.6. The summed E-state index contributed by atoms with van der Waals surface area (Å²) < 4.78 is 5.60. The minimum atomic E-state index is 0.645. The van der Waals surface area contributed by atoms with E-state index in [1.807, 2.05) is 37.3 Å². The largest absolute Gasteiger partial charge is 0.496 e. The molecule has 0 aliphatic carbocycles. The van der Waals surface area contributed by atoms with Crippen molar-refractivity contribution in [3.05, 3.63) is 53.6 Å². The molecule has 0 saturated carbocycles. The molecule has 2 heterocycles. The Balaban J connectivity index is 1.51. The lowest BCUT2D eigenvalue weighted by atomic mass is 10.0. The van der Waals surface area contributed by atoms with Crippen LogP contribution in [-0.4, -0.2) is 35.9 Å². The Morgan fingerprint density at radius 2 is 2.00 bits per heavy atom. The van der Waals surface area contributed by atoms with Crippen LogP contribution in [0.2, 0.25) is 0 Å². The number of para-hydroxylation sites is 2. The predicted octanol–water partition coefficient (Wildman–Crippen LogP) is 2.98. The minimum absolute atomic E-state index is 0.645. The number of aromatic amines is 1. The number of ether oxygens (including phenoxy) is 1. The van der Waals surface area contributed by atoms with Crippen LogP contribution in [0.1, 0.15) is 37.3 Å². The van der Waals surface area contributed by atoms with Crippen LogP contribution in [0.3, 0.4) is 0 Å². The summed E-state index contributed by atoms with van der Waals surface area (Å²) in [7, 11) is 1.74. The molecule has 1 aliphatic rings. The van der Waals surface area contributed by atoms with Crippen LogP contribution in [0.4, 0.5) is 5.95 Å². The third-order valence-electron chi connectivity index (χ3n) is 5.42.